The third-order valence-electron chi connectivity index (χ3n) is 4.45. The largest absolute Gasteiger partial charge is 0.507 e. The van der Waals surface area contributed by atoms with Gasteiger partial charge < -0.3 is 9.84 Å². The molecule has 0 saturated carbocycles. The van der Waals surface area contributed by atoms with Crippen molar-refractivity contribution in [2.24, 2.45) is 0 Å². The zero-order chi connectivity index (χ0) is 20.8. The van der Waals surface area contributed by atoms with E-state index in [9.17, 15) is 5.11 Å². The molecule has 5 nitrogen and oxygen atoms in total. The van der Waals surface area contributed by atoms with Crippen molar-refractivity contribution < 1.29 is 9.84 Å². The Labute approximate surface area is 175 Å². The van der Waals surface area contributed by atoms with Crippen LogP contribution < -0.4 is 4.74 Å². The lowest BCUT2D eigenvalue weighted by atomic mass is 10.1. The van der Waals surface area contributed by atoms with Gasteiger partial charge in [-0.3, -0.25) is 0 Å². The van der Waals surface area contributed by atoms with Crippen molar-refractivity contribution in [3.8, 4) is 45.7 Å². The van der Waals surface area contributed by atoms with E-state index in [1.165, 1.54) is 0 Å². The molecule has 1 N–H and O–H groups in total. The van der Waals surface area contributed by atoms with E-state index in [-0.39, 0.29) is 5.75 Å². The Balaban J connectivity index is 1.80. The molecule has 5 heteroatoms. The van der Waals surface area contributed by atoms with Crippen molar-refractivity contribution in [1.82, 2.24) is 15.0 Å². The van der Waals surface area contributed by atoms with Crippen molar-refractivity contribution >= 4 is 0 Å². The van der Waals surface area contributed by atoms with Crippen LogP contribution in [0.15, 0.2) is 91.2 Å². The number of rotatable bonds is 6. The van der Waals surface area contributed by atoms with Crippen LogP contribution in [0.4, 0.5) is 0 Å². The lowest BCUT2D eigenvalue weighted by Crippen LogP contribution is -2.00. The summed E-state index contributed by atoms with van der Waals surface area (Å²) < 4.78 is 5.51. The van der Waals surface area contributed by atoms with E-state index in [0.29, 0.717) is 28.8 Å². The first-order valence-electron chi connectivity index (χ1n) is 9.76. The van der Waals surface area contributed by atoms with Gasteiger partial charge in [-0.2, -0.15) is 0 Å². The Morgan fingerprint density at radius 1 is 0.767 bits per heavy atom. The van der Waals surface area contributed by atoms with E-state index in [1.807, 2.05) is 73.7 Å². The molecule has 0 fully saturated rings. The van der Waals surface area contributed by atoms with Crippen LogP contribution in [-0.2, 0) is 0 Å². The van der Waals surface area contributed by atoms with Crippen LogP contribution in [0, 0.1) is 0 Å². The highest BCUT2D eigenvalue weighted by Gasteiger charge is 2.15. The SMILES string of the molecule is CC/C=C/Oc1ccc(-c2nc(-c3ccccc3)nc(-c3ccccc3)n2)c(O)c1. The van der Waals surface area contributed by atoms with Gasteiger partial charge in [0.15, 0.2) is 17.5 Å². The summed E-state index contributed by atoms with van der Waals surface area (Å²) in [4.78, 5) is 13.9. The summed E-state index contributed by atoms with van der Waals surface area (Å²) in [6, 6.07) is 24.5. The van der Waals surface area contributed by atoms with Crippen molar-refractivity contribution in [3.05, 3.63) is 91.2 Å². The van der Waals surface area contributed by atoms with Crippen molar-refractivity contribution in [2.75, 3.05) is 0 Å². The average molecular weight is 395 g/mol. The van der Waals surface area contributed by atoms with Crippen LogP contribution in [0.25, 0.3) is 34.2 Å². The third-order valence-corrected chi connectivity index (χ3v) is 4.45. The van der Waals surface area contributed by atoms with Crippen LogP contribution >= 0.6 is 0 Å². The van der Waals surface area contributed by atoms with Crippen LogP contribution in [-0.4, -0.2) is 20.1 Å². The highest BCUT2D eigenvalue weighted by atomic mass is 16.5. The minimum Gasteiger partial charge on any atom is -0.507 e. The number of hydrogen-bond donors (Lipinski definition) is 1. The molecule has 0 saturated heterocycles. The monoisotopic (exact) mass is 395 g/mol. The van der Waals surface area contributed by atoms with E-state index in [0.717, 1.165) is 17.5 Å². The maximum Gasteiger partial charge on any atom is 0.167 e. The molecule has 3 aromatic carbocycles. The molecule has 0 aliphatic rings. The molecule has 148 valence electrons. The number of allylic oxidation sites excluding steroid dienone is 1. The summed E-state index contributed by atoms with van der Waals surface area (Å²) in [6.07, 6.45) is 4.38. The number of phenolic OH excluding ortho intramolecular Hbond substituents is 1. The molecule has 1 heterocycles. The third kappa shape index (κ3) is 4.36. The maximum atomic E-state index is 10.6. The Bertz CT molecular complexity index is 1100. The minimum atomic E-state index is 0.0432. The van der Waals surface area contributed by atoms with E-state index in [1.54, 1.807) is 24.5 Å². The molecule has 0 aliphatic heterocycles. The molecule has 4 aromatic rings. The standard InChI is InChI=1S/C25H21N3O2/c1-2-3-16-30-20-14-15-21(22(29)17-20)25-27-23(18-10-6-4-7-11-18)26-24(28-25)19-12-8-5-9-13-19/h3-17,29H,2H2,1H3/b16-3+. The Hall–Kier alpha value is -3.99. The molecule has 0 unspecified atom stereocenters. The summed E-state index contributed by atoms with van der Waals surface area (Å²) in [5, 5.41) is 10.6. The molecule has 0 amide bonds. The van der Waals surface area contributed by atoms with Gasteiger partial charge in [0.2, 0.25) is 0 Å². The molecule has 30 heavy (non-hydrogen) atoms. The van der Waals surface area contributed by atoms with Gasteiger partial charge in [-0.05, 0) is 24.6 Å². The quantitative estimate of drug-likeness (QED) is 0.413. The summed E-state index contributed by atoms with van der Waals surface area (Å²) in [5.74, 6) is 2.08. The predicted octanol–water partition coefficient (Wildman–Crippen LogP) is 5.88. The topological polar surface area (TPSA) is 68.1 Å². The zero-order valence-corrected chi connectivity index (χ0v) is 16.6. The molecular formula is C25H21N3O2. The summed E-state index contributed by atoms with van der Waals surface area (Å²) in [5.41, 5.74) is 2.27. The Morgan fingerprint density at radius 2 is 1.33 bits per heavy atom. The summed E-state index contributed by atoms with van der Waals surface area (Å²) in [6.45, 7) is 2.02. The van der Waals surface area contributed by atoms with E-state index >= 15 is 0 Å². The normalized spacial score (nSPS) is 11.0. The molecule has 1 aromatic heterocycles. The first-order valence-corrected chi connectivity index (χ1v) is 9.76. The fraction of sp³-hybridized carbons (Fsp3) is 0.0800. The maximum absolute atomic E-state index is 10.6. The first kappa shape index (κ1) is 19.3. The molecule has 0 atom stereocenters. The van der Waals surface area contributed by atoms with Gasteiger partial charge in [-0.1, -0.05) is 67.6 Å². The molecule has 0 aliphatic carbocycles. The molecule has 0 spiro atoms. The van der Waals surface area contributed by atoms with Crippen LogP contribution in [0.1, 0.15) is 13.3 Å². The fourth-order valence-corrected chi connectivity index (χ4v) is 2.93. The van der Waals surface area contributed by atoms with Gasteiger partial charge in [0, 0.05) is 17.2 Å². The summed E-state index contributed by atoms with van der Waals surface area (Å²) in [7, 11) is 0. The van der Waals surface area contributed by atoms with Gasteiger partial charge in [-0.15, -0.1) is 0 Å². The number of phenols is 1. The fourth-order valence-electron chi connectivity index (χ4n) is 2.93. The van der Waals surface area contributed by atoms with E-state index in [2.05, 4.69) is 15.0 Å². The van der Waals surface area contributed by atoms with Gasteiger partial charge >= 0.3 is 0 Å². The number of ether oxygens (including phenoxy) is 1. The minimum absolute atomic E-state index is 0.0432. The van der Waals surface area contributed by atoms with Gasteiger partial charge in [0.05, 0.1) is 11.8 Å². The second-order valence-corrected chi connectivity index (χ2v) is 6.62. The lowest BCUT2D eigenvalue weighted by molar-refractivity contribution is 0.454. The number of benzene rings is 3. The van der Waals surface area contributed by atoms with Crippen molar-refractivity contribution in [2.45, 2.75) is 13.3 Å². The summed E-state index contributed by atoms with van der Waals surface area (Å²) >= 11 is 0. The first-order chi connectivity index (χ1) is 14.7. The number of nitrogens with zero attached hydrogens (tertiary/aromatic N) is 3. The van der Waals surface area contributed by atoms with Crippen molar-refractivity contribution in [1.29, 1.82) is 0 Å². The van der Waals surface area contributed by atoms with Gasteiger partial charge in [-0.25, -0.2) is 15.0 Å². The van der Waals surface area contributed by atoms with E-state index < -0.39 is 0 Å². The van der Waals surface area contributed by atoms with E-state index in [4.69, 9.17) is 4.74 Å². The lowest BCUT2D eigenvalue weighted by Gasteiger charge is -2.10. The smallest absolute Gasteiger partial charge is 0.167 e. The van der Waals surface area contributed by atoms with Gasteiger partial charge in [0.1, 0.15) is 11.5 Å². The number of hydrogen-bond acceptors (Lipinski definition) is 5. The van der Waals surface area contributed by atoms with Crippen molar-refractivity contribution in [3.63, 3.8) is 0 Å². The Morgan fingerprint density at radius 3 is 1.87 bits per heavy atom. The second-order valence-electron chi connectivity index (χ2n) is 6.62. The highest BCUT2D eigenvalue weighted by molar-refractivity contribution is 5.70. The van der Waals surface area contributed by atoms with Gasteiger partial charge in [0.25, 0.3) is 0 Å². The van der Waals surface area contributed by atoms with Crippen LogP contribution in [0.3, 0.4) is 0 Å². The van der Waals surface area contributed by atoms with Crippen LogP contribution in [0.2, 0.25) is 0 Å². The predicted molar refractivity (Wildman–Crippen MR) is 118 cm³/mol. The molecular weight excluding hydrogens is 374 g/mol. The Kier molecular flexibility index (Phi) is 5.80. The molecule has 0 bridgehead atoms. The second kappa shape index (κ2) is 9.01. The van der Waals surface area contributed by atoms with Crippen LogP contribution in [0.5, 0.6) is 11.5 Å². The zero-order valence-electron chi connectivity index (χ0n) is 16.6. The molecule has 0 radical (unpaired) electrons. The number of aromatic nitrogens is 3. The number of aromatic hydroxyl groups is 1. The highest BCUT2D eigenvalue weighted by Crippen LogP contribution is 2.32. The average Bonchev–Trinajstić information content (AvgIpc) is 2.80. The molecule has 4 rings (SSSR count).